The van der Waals surface area contributed by atoms with E-state index in [4.69, 9.17) is 9.47 Å². The molecule has 0 amide bonds. The quantitative estimate of drug-likeness (QED) is 0.824. The molecule has 114 valence electrons. The highest BCUT2D eigenvalue weighted by molar-refractivity contribution is 9.10. The number of nitrogens with zero attached hydrogens (tertiary/aromatic N) is 2. The third-order valence-corrected chi connectivity index (χ3v) is 4.40. The van der Waals surface area contributed by atoms with Gasteiger partial charge in [0.25, 0.3) is 0 Å². The first-order valence-electron chi connectivity index (χ1n) is 7.25. The van der Waals surface area contributed by atoms with Crippen LogP contribution >= 0.6 is 15.9 Å². The predicted octanol–water partition coefficient (Wildman–Crippen LogP) is 2.51. The zero-order valence-electron chi connectivity index (χ0n) is 12.3. The SMILES string of the molecule is CNC(CC1CCCCO1)c1c(Br)cnn1CCOC. The maximum absolute atomic E-state index is 5.86. The molecule has 1 fully saturated rings. The normalized spacial score (nSPS) is 21.1. The molecule has 1 aliphatic rings. The van der Waals surface area contributed by atoms with Crippen LogP contribution in [0.15, 0.2) is 10.7 Å². The molecular formula is C14H24BrN3O2. The Kier molecular flexibility index (Phi) is 6.48. The average molecular weight is 346 g/mol. The Bertz CT molecular complexity index is 405. The van der Waals surface area contributed by atoms with Crippen LogP contribution in [0.4, 0.5) is 0 Å². The Morgan fingerprint density at radius 1 is 1.60 bits per heavy atom. The maximum Gasteiger partial charge on any atom is 0.0697 e. The summed E-state index contributed by atoms with van der Waals surface area (Å²) in [5.41, 5.74) is 1.18. The van der Waals surface area contributed by atoms with Crippen molar-refractivity contribution < 1.29 is 9.47 Å². The molecule has 2 unspecified atom stereocenters. The van der Waals surface area contributed by atoms with Crippen LogP contribution in [0.2, 0.25) is 0 Å². The smallest absolute Gasteiger partial charge is 0.0697 e. The molecule has 6 heteroatoms. The van der Waals surface area contributed by atoms with Crippen LogP contribution in [0.1, 0.15) is 37.4 Å². The first kappa shape index (κ1) is 15.9. The summed E-state index contributed by atoms with van der Waals surface area (Å²) in [5.74, 6) is 0. The number of halogens is 1. The van der Waals surface area contributed by atoms with Gasteiger partial charge in [-0.3, -0.25) is 4.68 Å². The average Bonchev–Trinajstić information content (AvgIpc) is 2.84. The summed E-state index contributed by atoms with van der Waals surface area (Å²) >= 11 is 3.61. The minimum atomic E-state index is 0.242. The molecule has 0 radical (unpaired) electrons. The fourth-order valence-electron chi connectivity index (χ4n) is 2.70. The van der Waals surface area contributed by atoms with Gasteiger partial charge in [-0.2, -0.15) is 5.10 Å². The number of aromatic nitrogens is 2. The second-order valence-corrected chi connectivity index (χ2v) is 6.01. The minimum Gasteiger partial charge on any atom is -0.383 e. The van der Waals surface area contributed by atoms with E-state index in [2.05, 4.69) is 26.3 Å². The van der Waals surface area contributed by atoms with E-state index in [0.717, 1.165) is 30.5 Å². The monoisotopic (exact) mass is 345 g/mol. The molecule has 0 aliphatic carbocycles. The van der Waals surface area contributed by atoms with Crippen molar-refractivity contribution in [2.45, 2.75) is 44.4 Å². The molecule has 2 atom stereocenters. The third-order valence-electron chi connectivity index (χ3n) is 3.79. The molecule has 0 bridgehead atoms. The molecule has 1 aromatic heterocycles. The number of hydrogen-bond donors (Lipinski definition) is 1. The summed E-state index contributed by atoms with van der Waals surface area (Å²) in [7, 11) is 3.71. The summed E-state index contributed by atoms with van der Waals surface area (Å²) in [5, 5.41) is 7.82. The van der Waals surface area contributed by atoms with Crippen molar-refractivity contribution in [3.8, 4) is 0 Å². The van der Waals surface area contributed by atoms with Gasteiger partial charge in [-0.05, 0) is 48.7 Å². The summed E-state index contributed by atoms with van der Waals surface area (Å²) in [6.07, 6.45) is 6.80. The highest BCUT2D eigenvalue weighted by Crippen LogP contribution is 2.29. The highest BCUT2D eigenvalue weighted by Gasteiger charge is 2.24. The number of hydrogen-bond acceptors (Lipinski definition) is 4. The van der Waals surface area contributed by atoms with Crippen LogP contribution in [-0.4, -0.2) is 43.3 Å². The third kappa shape index (κ3) is 4.04. The van der Waals surface area contributed by atoms with Crippen molar-refractivity contribution in [1.82, 2.24) is 15.1 Å². The van der Waals surface area contributed by atoms with E-state index in [-0.39, 0.29) is 6.04 Å². The van der Waals surface area contributed by atoms with E-state index in [1.807, 2.05) is 17.9 Å². The van der Waals surface area contributed by atoms with Gasteiger partial charge in [-0.25, -0.2) is 0 Å². The van der Waals surface area contributed by atoms with Crippen LogP contribution in [0, 0.1) is 0 Å². The van der Waals surface area contributed by atoms with Crippen molar-refractivity contribution >= 4 is 15.9 Å². The molecule has 5 nitrogen and oxygen atoms in total. The number of nitrogens with one attached hydrogen (secondary N) is 1. The fraction of sp³-hybridized carbons (Fsp3) is 0.786. The number of rotatable bonds is 7. The Morgan fingerprint density at radius 2 is 2.45 bits per heavy atom. The van der Waals surface area contributed by atoms with E-state index >= 15 is 0 Å². The van der Waals surface area contributed by atoms with Crippen LogP contribution < -0.4 is 5.32 Å². The summed E-state index contributed by atoms with van der Waals surface area (Å²) in [6, 6.07) is 0.242. The van der Waals surface area contributed by atoms with Crippen LogP contribution in [-0.2, 0) is 16.0 Å². The lowest BCUT2D eigenvalue weighted by Crippen LogP contribution is -2.29. The molecule has 1 aromatic rings. The maximum atomic E-state index is 5.86. The molecule has 20 heavy (non-hydrogen) atoms. The van der Waals surface area contributed by atoms with E-state index in [0.29, 0.717) is 12.7 Å². The lowest BCUT2D eigenvalue weighted by atomic mass is 10.00. The molecule has 1 N–H and O–H groups in total. The molecule has 1 aliphatic heterocycles. The van der Waals surface area contributed by atoms with Crippen LogP contribution in [0.5, 0.6) is 0 Å². The van der Waals surface area contributed by atoms with Gasteiger partial charge in [0.15, 0.2) is 0 Å². The second-order valence-electron chi connectivity index (χ2n) is 5.16. The lowest BCUT2D eigenvalue weighted by Gasteiger charge is -2.27. The highest BCUT2D eigenvalue weighted by atomic mass is 79.9. The molecule has 0 saturated carbocycles. The van der Waals surface area contributed by atoms with Crippen molar-refractivity contribution in [2.75, 3.05) is 27.4 Å². The zero-order valence-corrected chi connectivity index (χ0v) is 13.9. The number of methoxy groups -OCH3 is 1. The zero-order chi connectivity index (χ0) is 14.4. The van der Waals surface area contributed by atoms with E-state index in [9.17, 15) is 0 Å². The van der Waals surface area contributed by atoms with Crippen LogP contribution in [0.25, 0.3) is 0 Å². The molecule has 0 spiro atoms. The molecule has 2 heterocycles. The summed E-state index contributed by atoms with van der Waals surface area (Å²) in [6.45, 7) is 2.32. The first-order chi connectivity index (χ1) is 9.76. The molecule has 2 rings (SSSR count). The standard InChI is InChI=1S/C14H24BrN3O2/c1-16-13(9-11-5-3-4-7-20-11)14-12(15)10-17-18(14)6-8-19-2/h10-11,13,16H,3-9H2,1-2H3. The Balaban J connectivity index is 2.07. The number of ether oxygens (including phenoxy) is 2. The Hall–Kier alpha value is -0.430. The van der Waals surface area contributed by atoms with Gasteiger partial charge in [0.1, 0.15) is 0 Å². The van der Waals surface area contributed by atoms with Crippen molar-refractivity contribution in [2.24, 2.45) is 0 Å². The predicted molar refractivity (Wildman–Crippen MR) is 81.8 cm³/mol. The summed E-state index contributed by atoms with van der Waals surface area (Å²) in [4.78, 5) is 0. The van der Waals surface area contributed by atoms with E-state index in [1.54, 1.807) is 7.11 Å². The second kappa shape index (κ2) is 8.12. The van der Waals surface area contributed by atoms with Gasteiger partial charge >= 0.3 is 0 Å². The first-order valence-corrected chi connectivity index (χ1v) is 8.04. The Morgan fingerprint density at radius 3 is 3.10 bits per heavy atom. The minimum absolute atomic E-state index is 0.242. The molecule has 0 aromatic carbocycles. The van der Waals surface area contributed by atoms with Gasteiger partial charge < -0.3 is 14.8 Å². The fourth-order valence-corrected chi connectivity index (χ4v) is 3.27. The van der Waals surface area contributed by atoms with Crippen molar-refractivity contribution in [3.63, 3.8) is 0 Å². The van der Waals surface area contributed by atoms with Crippen LogP contribution in [0.3, 0.4) is 0 Å². The van der Waals surface area contributed by atoms with E-state index in [1.165, 1.54) is 18.5 Å². The van der Waals surface area contributed by atoms with Gasteiger partial charge in [0.05, 0.1) is 41.7 Å². The van der Waals surface area contributed by atoms with E-state index < -0.39 is 0 Å². The molecule has 1 saturated heterocycles. The van der Waals surface area contributed by atoms with Crippen molar-refractivity contribution in [1.29, 1.82) is 0 Å². The van der Waals surface area contributed by atoms with Gasteiger partial charge in [0, 0.05) is 13.7 Å². The largest absolute Gasteiger partial charge is 0.383 e. The summed E-state index contributed by atoms with van der Waals surface area (Å²) < 4.78 is 14.1. The van der Waals surface area contributed by atoms with Crippen molar-refractivity contribution in [3.05, 3.63) is 16.4 Å². The molecular weight excluding hydrogens is 322 g/mol. The van der Waals surface area contributed by atoms with Gasteiger partial charge in [-0.15, -0.1) is 0 Å². The lowest BCUT2D eigenvalue weighted by molar-refractivity contribution is 0.00487. The van der Waals surface area contributed by atoms with Gasteiger partial charge in [0.2, 0.25) is 0 Å². The van der Waals surface area contributed by atoms with Gasteiger partial charge in [-0.1, -0.05) is 0 Å². The Labute approximate surface area is 129 Å². The topological polar surface area (TPSA) is 48.3 Å².